The number of rotatable bonds is 13. The maximum absolute atomic E-state index is 10.7. The Morgan fingerprint density at radius 3 is 1.61 bits per heavy atom. The lowest BCUT2D eigenvalue weighted by molar-refractivity contribution is -0.697. The molecular weight excluding hydrogens is 333 g/mol. The molecule has 0 spiro atoms. The first-order valence-electron chi connectivity index (χ1n) is 8.56. The first-order valence-corrected chi connectivity index (χ1v) is 10.4. The van der Waals surface area contributed by atoms with E-state index in [-0.39, 0.29) is 18.6 Å². The molecule has 0 amide bonds. The second kappa shape index (κ2) is 14.0. The van der Waals surface area contributed by atoms with Crippen molar-refractivity contribution in [2.24, 2.45) is 0 Å². The molecule has 1 heterocycles. The van der Waals surface area contributed by atoms with Gasteiger partial charge in [-0.1, -0.05) is 51.0 Å². The highest BCUT2D eigenvalue weighted by Crippen LogP contribution is 2.35. The van der Waals surface area contributed by atoms with Crippen molar-refractivity contribution in [3.8, 4) is 0 Å². The molecule has 0 saturated carbocycles. The molecular formula is C17H31ClNO3P. The van der Waals surface area contributed by atoms with Gasteiger partial charge in [0.05, 0.1) is 0 Å². The molecule has 1 aromatic rings. The first-order chi connectivity index (χ1) is 10.6. The highest BCUT2D eigenvalue weighted by Gasteiger charge is 2.10. The molecule has 134 valence electrons. The lowest BCUT2D eigenvalue weighted by atomic mass is 10.1. The summed E-state index contributed by atoms with van der Waals surface area (Å²) in [5.41, 5.74) is 0. The van der Waals surface area contributed by atoms with Gasteiger partial charge in [-0.25, -0.2) is 4.57 Å². The SMILES string of the molecule is O=P(O)(O)CCCCCCCCCCCC[n+]1ccccc1.[Cl-]. The van der Waals surface area contributed by atoms with Crippen molar-refractivity contribution in [2.45, 2.75) is 70.8 Å². The fourth-order valence-electron chi connectivity index (χ4n) is 2.61. The van der Waals surface area contributed by atoms with Gasteiger partial charge in [0.1, 0.15) is 6.54 Å². The maximum atomic E-state index is 10.7. The quantitative estimate of drug-likeness (QED) is 0.313. The zero-order chi connectivity index (χ0) is 16.1. The number of aryl methyl sites for hydroxylation is 1. The van der Waals surface area contributed by atoms with Crippen molar-refractivity contribution in [1.82, 2.24) is 0 Å². The standard InChI is InChI=1S/C17H30NO3P.ClH/c19-22(20,21)17-13-8-6-4-2-1-3-5-7-10-14-18-15-11-9-12-16-18;/h9,11-12,15-16H,1-8,10,13-14,17H2,(H-,19,20,21);1H. The zero-order valence-corrected chi connectivity index (χ0v) is 15.6. The van der Waals surface area contributed by atoms with Crippen LogP contribution in [0.2, 0.25) is 0 Å². The first kappa shape index (κ1) is 22.6. The average molecular weight is 364 g/mol. The molecule has 6 heteroatoms. The van der Waals surface area contributed by atoms with Crippen LogP contribution in [0.25, 0.3) is 0 Å². The lowest BCUT2D eigenvalue weighted by Gasteiger charge is -2.04. The molecule has 23 heavy (non-hydrogen) atoms. The molecule has 0 bridgehead atoms. The molecule has 0 aliphatic carbocycles. The molecule has 0 aliphatic heterocycles. The average Bonchev–Trinajstić information content (AvgIpc) is 2.48. The van der Waals surface area contributed by atoms with Crippen molar-refractivity contribution < 1.29 is 31.3 Å². The molecule has 0 aliphatic rings. The zero-order valence-electron chi connectivity index (χ0n) is 13.9. The Bertz CT molecular complexity index is 425. The third-order valence-corrected chi connectivity index (χ3v) is 4.79. The number of hydrogen-bond donors (Lipinski definition) is 2. The monoisotopic (exact) mass is 363 g/mol. The number of pyridine rings is 1. The molecule has 0 unspecified atom stereocenters. The number of hydrogen-bond acceptors (Lipinski definition) is 1. The van der Waals surface area contributed by atoms with E-state index in [0.29, 0.717) is 6.42 Å². The maximum Gasteiger partial charge on any atom is 0.325 e. The van der Waals surface area contributed by atoms with E-state index in [2.05, 4.69) is 29.1 Å². The van der Waals surface area contributed by atoms with Crippen LogP contribution in [0.3, 0.4) is 0 Å². The molecule has 0 saturated heterocycles. The Balaban J connectivity index is 0.00000484. The van der Waals surface area contributed by atoms with Crippen LogP contribution in [0.4, 0.5) is 0 Å². The number of halogens is 1. The van der Waals surface area contributed by atoms with Gasteiger partial charge in [0.15, 0.2) is 12.4 Å². The smallest absolute Gasteiger partial charge is 0.325 e. The summed E-state index contributed by atoms with van der Waals surface area (Å²) < 4.78 is 12.9. The van der Waals surface area contributed by atoms with Crippen LogP contribution in [0.5, 0.6) is 0 Å². The Morgan fingerprint density at radius 1 is 0.696 bits per heavy atom. The molecule has 0 radical (unpaired) electrons. The highest BCUT2D eigenvalue weighted by molar-refractivity contribution is 7.51. The number of nitrogens with zero attached hydrogens (tertiary/aromatic N) is 1. The van der Waals surface area contributed by atoms with E-state index in [0.717, 1.165) is 19.4 Å². The molecule has 2 N–H and O–H groups in total. The van der Waals surface area contributed by atoms with E-state index >= 15 is 0 Å². The topological polar surface area (TPSA) is 61.4 Å². The molecule has 4 nitrogen and oxygen atoms in total. The Kier molecular flexibility index (Phi) is 13.7. The molecule has 0 aromatic carbocycles. The summed E-state index contributed by atoms with van der Waals surface area (Å²) in [7, 11) is -3.77. The summed E-state index contributed by atoms with van der Waals surface area (Å²) in [6.07, 6.45) is 15.9. The van der Waals surface area contributed by atoms with E-state index in [4.69, 9.17) is 9.79 Å². The fraction of sp³-hybridized carbons (Fsp3) is 0.706. The van der Waals surface area contributed by atoms with Crippen LogP contribution in [0.1, 0.15) is 64.2 Å². The second-order valence-corrected chi connectivity index (χ2v) is 7.81. The molecule has 1 aromatic heterocycles. The summed E-state index contributed by atoms with van der Waals surface area (Å²) in [6, 6.07) is 6.18. The Morgan fingerprint density at radius 2 is 1.13 bits per heavy atom. The van der Waals surface area contributed by atoms with Gasteiger partial charge in [0, 0.05) is 24.7 Å². The predicted molar refractivity (Wildman–Crippen MR) is 89.7 cm³/mol. The van der Waals surface area contributed by atoms with Crippen LogP contribution < -0.4 is 17.0 Å². The summed E-state index contributed by atoms with van der Waals surface area (Å²) in [5, 5.41) is 0. The van der Waals surface area contributed by atoms with Crippen molar-refractivity contribution in [3.05, 3.63) is 30.6 Å². The minimum absolute atomic E-state index is 0. The summed E-state index contributed by atoms with van der Waals surface area (Å²) >= 11 is 0. The van der Waals surface area contributed by atoms with Crippen molar-refractivity contribution >= 4 is 7.60 Å². The Hall–Kier alpha value is -0.410. The third-order valence-electron chi connectivity index (χ3n) is 3.89. The van der Waals surface area contributed by atoms with Crippen LogP contribution in [0.15, 0.2) is 30.6 Å². The van der Waals surface area contributed by atoms with Crippen molar-refractivity contribution in [1.29, 1.82) is 0 Å². The van der Waals surface area contributed by atoms with Gasteiger partial charge in [0.25, 0.3) is 0 Å². The molecule has 0 atom stereocenters. The minimum atomic E-state index is -3.77. The largest absolute Gasteiger partial charge is 1.00 e. The highest BCUT2D eigenvalue weighted by atomic mass is 35.5. The Labute approximate surface area is 146 Å². The summed E-state index contributed by atoms with van der Waals surface area (Å²) in [6.45, 7) is 1.11. The van der Waals surface area contributed by atoms with Gasteiger partial charge in [0.2, 0.25) is 0 Å². The van der Waals surface area contributed by atoms with Crippen LogP contribution >= 0.6 is 7.60 Å². The normalized spacial score (nSPS) is 11.2. The van der Waals surface area contributed by atoms with Crippen molar-refractivity contribution in [3.63, 3.8) is 0 Å². The van der Waals surface area contributed by atoms with Crippen LogP contribution in [-0.2, 0) is 11.1 Å². The van der Waals surface area contributed by atoms with Gasteiger partial charge >= 0.3 is 7.60 Å². The second-order valence-electron chi connectivity index (χ2n) is 6.04. The molecule has 0 fully saturated rings. The third kappa shape index (κ3) is 14.9. The molecule has 1 rings (SSSR count). The summed E-state index contributed by atoms with van der Waals surface area (Å²) in [4.78, 5) is 17.5. The van der Waals surface area contributed by atoms with Gasteiger partial charge in [-0.05, 0) is 12.8 Å². The van der Waals surface area contributed by atoms with E-state index in [9.17, 15) is 4.57 Å². The van der Waals surface area contributed by atoms with Crippen molar-refractivity contribution in [2.75, 3.05) is 6.16 Å². The number of aromatic nitrogens is 1. The van der Waals surface area contributed by atoms with E-state index in [1.807, 2.05) is 6.07 Å². The predicted octanol–water partition coefficient (Wildman–Crippen LogP) is 1.06. The summed E-state index contributed by atoms with van der Waals surface area (Å²) in [5.74, 6) is 0. The van der Waals surface area contributed by atoms with E-state index in [1.165, 1.54) is 44.9 Å². The van der Waals surface area contributed by atoms with Gasteiger partial charge in [-0.15, -0.1) is 0 Å². The minimum Gasteiger partial charge on any atom is -1.00 e. The van der Waals surface area contributed by atoms with Crippen LogP contribution in [0, 0.1) is 0 Å². The number of unbranched alkanes of at least 4 members (excludes halogenated alkanes) is 9. The van der Waals surface area contributed by atoms with Crippen LogP contribution in [-0.4, -0.2) is 15.9 Å². The van der Waals surface area contributed by atoms with Gasteiger partial charge < -0.3 is 22.2 Å². The van der Waals surface area contributed by atoms with Gasteiger partial charge in [-0.2, -0.15) is 0 Å². The fourth-order valence-corrected chi connectivity index (χ4v) is 3.25. The lowest BCUT2D eigenvalue weighted by Crippen LogP contribution is -3.00. The van der Waals surface area contributed by atoms with E-state index < -0.39 is 7.60 Å². The van der Waals surface area contributed by atoms with Gasteiger partial charge in [-0.3, -0.25) is 4.57 Å². The van der Waals surface area contributed by atoms with E-state index in [1.54, 1.807) is 0 Å².